The first kappa shape index (κ1) is 14.8. The first-order valence-electron chi connectivity index (χ1n) is 8.35. The molecule has 3 heteroatoms. The Hall–Kier alpha value is -2.81. The fourth-order valence-electron chi connectivity index (χ4n) is 3.31. The largest absolute Gasteiger partial charge is 0.378 e. The Bertz CT molecular complexity index is 1010. The highest BCUT2D eigenvalue weighted by Gasteiger charge is 2.13. The van der Waals surface area contributed by atoms with E-state index in [0.29, 0.717) is 0 Å². The molecule has 0 spiro atoms. The van der Waals surface area contributed by atoms with E-state index < -0.39 is 0 Å². The van der Waals surface area contributed by atoms with Crippen molar-refractivity contribution in [2.24, 2.45) is 0 Å². The molecule has 120 valence electrons. The lowest BCUT2D eigenvalue weighted by Gasteiger charge is -2.13. The number of benzene rings is 3. The van der Waals surface area contributed by atoms with Crippen molar-refractivity contribution in [1.29, 1.82) is 0 Å². The highest BCUT2D eigenvalue weighted by molar-refractivity contribution is 6.05. The molecule has 0 aliphatic carbocycles. The third-order valence-electron chi connectivity index (χ3n) is 4.60. The molecule has 1 aromatic heterocycles. The van der Waals surface area contributed by atoms with Crippen molar-refractivity contribution in [1.82, 2.24) is 9.55 Å². The van der Waals surface area contributed by atoms with Crippen LogP contribution in [0.4, 0.5) is 5.69 Å². The molecular weight excluding hydrogens is 294 g/mol. The Balaban J connectivity index is 1.96. The summed E-state index contributed by atoms with van der Waals surface area (Å²) < 4.78 is 2.30. The zero-order chi connectivity index (χ0) is 16.7. The van der Waals surface area contributed by atoms with Crippen molar-refractivity contribution in [3.8, 4) is 11.4 Å². The predicted octanol–water partition coefficient (Wildman–Crippen LogP) is 4.94. The second-order valence-electron chi connectivity index (χ2n) is 6.28. The van der Waals surface area contributed by atoms with Crippen molar-refractivity contribution >= 4 is 27.5 Å². The van der Waals surface area contributed by atoms with Gasteiger partial charge in [0.1, 0.15) is 5.82 Å². The smallest absolute Gasteiger partial charge is 0.141 e. The fourth-order valence-corrected chi connectivity index (χ4v) is 3.31. The van der Waals surface area contributed by atoms with Crippen LogP contribution in [0.3, 0.4) is 0 Å². The van der Waals surface area contributed by atoms with Crippen LogP contribution in [-0.2, 0) is 6.54 Å². The van der Waals surface area contributed by atoms with Gasteiger partial charge in [-0.3, -0.25) is 0 Å². The maximum absolute atomic E-state index is 5.01. The molecule has 0 saturated carbocycles. The molecule has 0 fully saturated rings. The minimum absolute atomic E-state index is 0.902. The lowest BCUT2D eigenvalue weighted by Crippen LogP contribution is -2.08. The standard InChI is InChI=1S/C21H21N3/c1-4-24-19-14-11-15-7-5-6-8-18(15)20(19)22-21(24)16-9-12-17(13-10-16)23(2)3/h5-14H,4H2,1-3H3. The first-order valence-corrected chi connectivity index (χ1v) is 8.35. The molecule has 0 aliphatic heterocycles. The van der Waals surface area contributed by atoms with Gasteiger partial charge in [-0.2, -0.15) is 0 Å². The van der Waals surface area contributed by atoms with Gasteiger partial charge in [-0.05, 0) is 42.6 Å². The van der Waals surface area contributed by atoms with Gasteiger partial charge in [-0.25, -0.2) is 4.98 Å². The van der Waals surface area contributed by atoms with Crippen molar-refractivity contribution in [3.63, 3.8) is 0 Å². The molecule has 0 amide bonds. The summed E-state index contributed by atoms with van der Waals surface area (Å²) in [7, 11) is 4.12. The van der Waals surface area contributed by atoms with Crippen LogP contribution >= 0.6 is 0 Å². The van der Waals surface area contributed by atoms with Crippen LogP contribution < -0.4 is 4.90 Å². The highest BCUT2D eigenvalue weighted by atomic mass is 15.1. The Morgan fingerprint density at radius 3 is 2.38 bits per heavy atom. The fraction of sp³-hybridized carbons (Fsp3) is 0.190. The van der Waals surface area contributed by atoms with Crippen molar-refractivity contribution in [2.75, 3.05) is 19.0 Å². The Morgan fingerprint density at radius 1 is 0.917 bits per heavy atom. The van der Waals surface area contributed by atoms with Gasteiger partial charge in [0.25, 0.3) is 0 Å². The van der Waals surface area contributed by atoms with E-state index >= 15 is 0 Å². The van der Waals surface area contributed by atoms with E-state index in [9.17, 15) is 0 Å². The second kappa shape index (κ2) is 5.68. The minimum Gasteiger partial charge on any atom is -0.378 e. The number of aromatic nitrogens is 2. The van der Waals surface area contributed by atoms with Crippen LogP contribution in [0.5, 0.6) is 0 Å². The van der Waals surface area contributed by atoms with Crippen molar-refractivity contribution in [3.05, 3.63) is 60.7 Å². The Morgan fingerprint density at radius 2 is 1.67 bits per heavy atom. The van der Waals surface area contributed by atoms with Gasteiger partial charge in [-0.15, -0.1) is 0 Å². The highest BCUT2D eigenvalue weighted by Crippen LogP contribution is 2.30. The first-order chi connectivity index (χ1) is 11.7. The van der Waals surface area contributed by atoms with Gasteiger partial charge in [0, 0.05) is 37.3 Å². The molecule has 0 bridgehead atoms. The SMILES string of the molecule is CCn1c(-c2ccc(N(C)C)cc2)nc2c3ccccc3ccc21. The second-order valence-corrected chi connectivity index (χ2v) is 6.28. The third kappa shape index (κ3) is 2.24. The van der Waals surface area contributed by atoms with Crippen LogP contribution in [0, 0.1) is 0 Å². The average molecular weight is 315 g/mol. The molecule has 0 unspecified atom stereocenters. The number of hydrogen-bond acceptors (Lipinski definition) is 2. The number of fused-ring (bicyclic) bond motifs is 3. The van der Waals surface area contributed by atoms with E-state index in [4.69, 9.17) is 4.98 Å². The molecule has 0 atom stereocenters. The van der Waals surface area contributed by atoms with Gasteiger partial charge in [-0.1, -0.05) is 30.3 Å². The number of imidazole rings is 1. The van der Waals surface area contributed by atoms with Gasteiger partial charge in [0.05, 0.1) is 11.0 Å². The van der Waals surface area contributed by atoms with E-state index in [1.165, 1.54) is 22.0 Å². The summed E-state index contributed by atoms with van der Waals surface area (Å²) in [5, 5.41) is 2.45. The Labute approximate surface area is 142 Å². The summed E-state index contributed by atoms with van der Waals surface area (Å²) >= 11 is 0. The van der Waals surface area contributed by atoms with Gasteiger partial charge < -0.3 is 9.47 Å². The maximum atomic E-state index is 5.01. The number of anilines is 1. The molecule has 24 heavy (non-hydrogen) atoms. The molecule has 0 radical (unpaired) electrons. The van der Waals surface area contributed by atoms with E-state index in [-0.39, 0.29) is 0 Å². The van der Waals surface area contributed by atoms with Crippen molar-refractivity contribution < 1.29 is 0 Å². The molecule has 0 aliphatic rings. The van der Waals surface area contributed by atoms with Crippen LogP contribution in [0.1, 0.15) is 6.92 Å². The predicted molar refractivity (Wildman–Crippen MR) is 103 cm³/mol. The summed E-state index contributed by atoms with van der Waals surface area (Å²) in [6.45, 7) is 3.08. The number of nitrogens with zero attached hydrogens (tertiary/aromatic N) is 3. The Kier molecular flexibility index (Phi) is 3.49. The zero-order valence-corrected chi connectivity index (χ0v) is 14.3. The number of aryl methyl sites for hydroxylation is 1. The molecule has 4 rings (SSSR count). The van der Waals surface area contributed by atoms with E-state index in [0.717, 1.165) is 23.4 Å². The zero-order valence-electron chi connectivity index (χ0n) is 14.3. The lowest BCUT2D eigenvalue weighted by atomic mass is 10.1. The van der Waals surface area contributed by atoms with E-state index in [2.05, 4.69) is 91.1 Å². The third-order valence-corrected chi connectivity index (χ3v) is 4.60. The monoisotopic (exact) mass is 315 g/mol. The molecule has 3 nitrogen and oxygen atoms in total. The molecule has 1 heterocycles. The van der Waals surface area contributed by atoms with Crippen LogP contribution in [0.15, 0.2) is 60.7 Å². The molecule has 4 aromatic rings. The summed E-state index contributed by atoms with van der Waals surface area (Å²) in [5.74, 6) is 1.04. The minimum atomic E-state index is 0.902. The lowest BCUT2D eigenvalue weighted by molar-refractivity contribution is 0.796. The van der Waals surface area contributed by atoms with Gasteiger partial charge in [0.15, 0.2) is 0 Å². The van der Waals surface area contributed by atoms with E-state index in [1.54, 1.807) is 0 Å². The number of rotatable bonds is 3. The van der Waals surface area contributed by atoms with E-state index in [1.807, 2.05) is 0 Å². The summed E-state index contributed by atoms with van der Waals surface area (Å²) in [6, 6.07) is 21.4. The molecule has 0 saturated heterocycles. The maximum Gasteiger partial charge on any atom is 0.141 e. The van der Waals surface area contributed by atoms with Crippen LogP contribution in [0.2, 0.25) is 0 Å². The van der Waals surface area contributed by atoms with Gasteiger partial charge >= 0.3 is 0 Å². The normalized spacial score (nSPS) is 11.3. The van der Waals surface area contributed by atoms with Crippen LogP contribution in [-0.4, -0.2) is 23.6 Å². The molecule has 3 aromatic carbocycles. The number of hydrogen-bond donors (Lipinski definition) is 0. The average Bonchev–Trinajstić information content (AvgIpc) is 3.00. The van der Waals surface area contributed by atoms with Crippen molar-refractivity contribution in [2.45, 2.75) is 13.5 Å². The molecule has 0 N–H and O–H groups in total. The topological polar surface area (TPSA) is 21.1 Å². The summed E-state index contributed by atoms with van der Waals surface area (Å²) in [5.41, 5.74) is 4.63. The summed E-state index contributed by atoms with van der Waals surface area (Å²) in [6.07, 6.45) is 0. The summed E-state index contributed by atoms with van der Waals surface area (Å²) in [4.78, 5) is 7.12. The molecular formula is C21H21N3. The van der Waals surface area contributed by atoms with Crippen LogP contribution in [0.25, 0.3) is 33.2 Å². The van der Waals surface area contributed by atoms with Gasteiger partial charge in [0.2, 0.25) is 0 Å². The quantitative estimate of drug-likeness (QED) is 0.534.